The molecule has 6 nitrogen and oxygen atoms in total. The van der Waals surface area contributed by atoms with Gasteiger partial charge in [0.15, 0.2) is 5.76 Å². The Morgan fingerprint density at radius 2 is 1.86 bits per heavy atom. The first-order valence-electron chi connectivity index (χ1n) is 8.69. The van der Waals surface area contributed by atoms with Gasteiger partial charge >= 0.3 is 0 Å². The molecule has 0 amide bonds. The number of non-ortho nitro benzene ring substituents is 1. The van der Waals surface area contributed by atoms with Crippen molar-refractivity contribution in [2.45, 2.75) is 6.61 Å². The molecule has 3 aromatic carbocycles. The molecular formula is C22H14FNO5. The maximum atomic E-state index is 13.0. The number of rotatable bonds is 5. The molecule has 0 aliphatic carbocycles. The Labute approximate surface area is 165 Å². The molecule has 3 aromatic rings. The molecule has 0 fully saturated rings. The molecule has 0 bridgehead atoms. The minimum Gasteiger partial charge on any atom is -0.489 e. The number of nitro groups is 1. The van der Waals surface area contributed by atoms with Crippen molar-refractivity contribution < 1.29 is 23.6 Å². The smallest absolute Gasteiger partial charge is 0.270 e. The van der Waals surface area contributed by atoms with Crippen LogP contribution in [0.4, 0.5) is 10.1 Å². The minimum atomic E-state index is -0.501. The fraction of sp³-hybridized carbons (Fsp3) is 0.0455. The first-order chi connectivity index (χ1) is 14.0. The SMILES string of the molecule is O=C1C(=Cc2cccc([N+](=O)[O-])c2)Oc2cc(OCc3ccc(F)cc3)ccc21. The van der Waals surface area contributed by atoms with Gasteiger partial charge in [0, 0.05) is 18.2 Å². The van der Waals surface area contributed by atoms with E-state index < -0.39 is 4.92 Å². The summed E-state index contributed by atoms with van der Waals surface area (Å²) in [6.45, 7) is 0.239. The van der Waals surface area contributed by atoms with Crippen LogP contribution >= 0.6 is 0 Å². The van der Waals surface area contributed by atoms with Gasteiger partial charge in [0.25, 0.3) is 5.69 Å². The number of carbonyl (C=O) groups excluding carboxylic acids is 1. The quantitative estimate of drug-likeness (QED) is 0.350. The maximum Gasteiger partial charge on any atom is 0.270 e. The summed E-state index contributed by atoms with van der Waals surface area (Å²) in [5.41, 5.74) is 1.60. The summed E-state index contributed by atoms with van der Waals surface area (Å²) in [6, 6.07) is 16.8. The van der Waals surface area contributed by atoms with Gasteiger partial charge in [-0.25, -0.2) is 4.39 Å². The van der Waals surface area contributed by atoms with E-state index in [1.165, 1.54) is 30.3 Å². The molecule has 1 aliphatic heterocycles. The number of allylic oxidation sites excluding steroid dienone is 1. The van der Waals surface area contributed by atoms with E-state index in [-0.39, 0.29) is 29.7 Å². The lowest BCUT2D eigenvalue weighted by atomic mass is 10.1. The molecule has 7 heteroatoms. The van der Waals surface area contributed by atoms with E-state index >= 15 is 0 Å². The van der Waals surface area contributed by atoms with E-state index in [2.05, 4.69) is 0 Å². The zero-order valence-electron chi connectivity index (χ0n) is 15.0. The molecule has 0 unspecified atom stereocenters. The van der Waals surface area contributed by atoms with Crippen LogP contribution in [0.3, 0.4) is 0 Å². The fourth-order valence-corrected chi connectivity index (χ4v) is 2.88. The van der Waals surface area contributed by atoms with Gasteiger partial charge in [0.1, 0.15) is 23.9 Å². The average molecular weight is 391 g/mol. The average Bonchev–Trinajstić information content (AvgIpc) is 3.02. The standard InChI is InChI=1S/C22H14FNO5/c23-16-6-4-14(5-7-16)13-28-18-8-9-19-20(12-18)29-21(22(19)25)11-15-2-1-3-17(10-15)24(26)27/h1-12H,13H2. The van der Waals surface area contributed by atoms with Crippen LogP contribution in [0.5, 0.6) is 11.5 Å². The topological polar surface area (TPSA) is 78.7 Å². The molecule has 0 saturated heterocycles. The monoisotopic (exact) mass is 391 g/mol. The predicted molar refractivity (Wildman–Crippen MR) is 103 cm³/mol. The number of nitrogens with zero attached hydrogens (tertiary/aromatic N) is 1. The Morgan fingerprint density at radius 1 is 1.07 bits per heavy atom. The van der Waals surface area contributed by atoms with E-state index in [9.17, 15) is 19.3 Å². The van der Waals surface area contributed by atoms with Gasteiger partial charge in [-0.3, -0.25) is 14.9 Å². The van der Waals surface area contributed by atoms with Crippen molar-refractivity contribution in [2.75, 3.05) is 0 Å². The lowest BCUT2D eigenvalue weighted by molar-refractivity contribution is -0.384. The highest BCUT2D eigenvalue weighted by Gasteiger charge is 2.27. The molecule has 144 valence electrons. The number of ketones is 1. The van der Waals surface area contributed by atoms with Crippen LogP contribution in [-0.2, 0) is 6.61 Å². The van der Waals surface area contributed by atoms with Crippen LogP contribution in [0.25, 0.3) is 6.08 Å². The third-order valence-corrected chi connectivity index (χ3v) is 4.34. The van der Waals surface area contributed by atoms with Crippen molar-refractivity contribution in [3.05, 3.63) is 105 Å². The van der Waals surface area contributed by atoms with Crippen LogP contribution in [-0.4, -0.2) is 10.7 Å². The van der Waals surface area contributed by atoms with Crippen molar-refractivity contribution in [3.63, 3.8) is 0 Å². The van der Waals surface area contributed by atoms with Gasteiger partial charge < -0.3 is 9.47 Å². The zero-order chi connectivity index (χ0) is 20.4. The van der Waals surface area contributed by atoms with Crippen molar-refractivity contribution in [3.8, 4) is 11.5 Å². The highest BCUT2D eigenvalue weighted by atomic mass is 19.1. The summed E-state index contributed by atoms with van der Waals surface area (Å²) in [7, 11) is 0. The Bertz CT molecular complexity index is 1140. The molecular weight excluding hydrogens is 377 g/mol. The van der Waals surface area contributed by atoms with Gasteiger partial charge in [-0.05, 0) is 41.5 Å². The lowest BCUT2D eigenvalue weighted by Gasteiger charge is -2.07. The van der Waals surface area contributed by atoms with Gasteiger partial charge in [0.05, 0.1) is 10.5 Å². The minimum absolute atomic E-state index is 0.0706. The normalized spacial score (nSPS) is 13.8. The number of nitro benzene ring substituents is 1. The van der Waals surface area contributed by atoms with E-state index in [0.717, 1.165) is 5.56 Å². The van der Waals surface area contributed by atoms with Crippen LogP contribution in [0.15, 0.2) is 72.5 Å². The van der Waals surface area contributed by atoms with Crippen molar-refractivity contribution >= 4 is 17.5 Å². The predicted octanol–water partition coefficient (Wildman–Crippen LogP) is 4.93. The third kappa shape index (κ3) is 3.98. The lowest BCUT2D eigenvalue weighted by Crippen LogP contribution is -1.98. The molecule has 1 aliphatic rings. The maximum absolute atomic E-state index is 13.0. The number of carbonyl (C=O) groups is 1. The number of halogens is 1. The van der Waals surface area contributed by atoms with E-state index in [1.807, 2.05) is 0 Å². The number of benzene rings is 3. The summed E-state index contributed by atoms with van der Waals surface area (Å²) in [5.74, 6) is 0.301. The molecule has 29 heavy (non-hydrogen) atoms. The molecule has 0 spiro atoms. The highest BCUT2D eigenvalue weighted by Crippen LogP contribution is 2.35. The number of hydrogen-bond acceptors (Lipinski definition) is 5. The van der Waals surface area contributed by atoms with Crippen LogP contribution in [0, 0.1) is 15.9 Å². The Kier molecular flexibility index (Phi) is 4.78. The molecule has 0 radical (unpaired) electrons. The van der Waals surface area contributed by atoms with Crippen LogP contribution < -0.4 is 9.47 Å². The van der Waals surface area contributed by atoms with Gasteiger partial charge in [0.2, 0.25) is 5.78 Å². The second-order valence-corrected chi connectivity index (χ2v) is 6.36. The Hall–Kier alpha value is -4.00. The van der Waals surface area contributed by atoms with Crippen molar-refractivity contribution in [2.24, 2.45) is 0 Å². The van der Waals surface area contributed by atoms with E-state index in [1.54, 1.807) is 42.5 Å². The second kappa shape index (κ2) is 7.55. The summed E-state index contributed by atoms with van der Waals surface area (Å²) in [6.07, 6.45) is 1.47. The number of Topliss-reactive ketones (excluding diaryl/α,β-unsaturated/α-hetero) is 1. The summed E-state index contributed by atoms with van der Waals surface area (Å²) in [4.78, 5) is 22.9. The summed E-state index contributed by atoms with van der Waals surface area (Å²) >= 11 is 0. The second-order valence-electron chi connectivity index (χ2n) is 6.36. The van der Waals surface area contributed by atoms with Crippen LogP contribution in [0.1, 0.15) is 21.5 Å². The molecule has 0 N–H and O–H groups in total. The Morgan fingerprint density at radius 3 is 2.62 bits per heavy atom. The van der Waals surface area contributed by atoms with Gasteiger partial charge in [-0.15, -0.1) is 0 Å². The van der Waals surface area contributed by atoms with Crippen LogP contribution in [0.2, 0.25) is 0 Å². The molecule has 4 rings (SSSR count). The first-order valence-corrected chi connectivity index (χ1v) is 8.69. The van der Waals surface area contributed by atoms with Crippen molar-refractivity contribution in [1.82, 2.24) is 0 Å². The van der Waals surface area contributed by atoms with Crippen molar-refractivity contribution in [1.29, 1.82) is 0 Å². The zero-order valence-corrected chi connectivity index (χ0v) is 15.0. The third-order valence-electron chi connectivity index (χ3n) is 4.34. The van der Waals surface area contributed by atoms with E-state index in [4.69, 9.17) is 9.47 Å². The highest BCUT2D eigenvalue weighted by molar-refractivity contribution is 6.14. The largest absolute Gasteiger partial charge is 0.489 e. The first kappa shape index (κ1) is 18.4. The number of fused-ring (bicyclic) bond motifs is 1. The molecule has 1 heterocycles. The molecule has 0 aromatic heterocycles. The number of ether oxygens (including phenoxy) is 2. The van der Waals surface area contributed by atoms with Gasteiger partial charge in [-0.1, -0.05) is 24.3 Å². The Balaban J connectivity index is 1.51. The summed E-state index contributed by atoms with van der Waals surface area (Å²) < 4.78 is 24.3. The number of hydrogen-bond donors (Lipinski definition) is 0. The molecule has 0 atom stereocenters. The summed E-state index contributed by atoms with van der Waals surface area (Å²) in [5, 5.41) is 10.9. The van der Waals surface area contributed by atoms with E-state index in [0.29, 0.717) is 22.6 Å². The van der Waals surface area contributed by atoms with Gasteiger partial charge in [-0.2, -0.15) is 0 Å². The molecule has 0 saturated carbocycles. The fourth-order valence-electron chi connectivity index (χ4n) is 2.88.